The molecule has 1 heterocycles. The molecule has 1 aliphatic carbocycles. The van der Waals surface area contributed by atoms with Crippen molar-refractivity contribution < 1.29 is 19.5 Å². The van der Waals surface area contributed by atoms with Crippen molar-refractivity contribution in [2.45, 2.75) is 26.3 Å². The maximum absolute atomic E-state index is 3.94. The second-order valence-electron chi connectivity index (χ2n) is 16.3. The van der Waals surface area contributed by atoms with Crippen LogP contribution in [0, 0.1) is 32.1 Å². The molecule has 0 saturated heterocycles. The van der Waals surface area contributed by atoms with E-state index in [1.54, 1.807) is 0 Å². The molecule has 0 N–H and O–H groups in total. The second kappa shape index (κ2) is 29.4. The van der Waals surface area contributed by atoms with E-state index in [0.717, 1.165) is 6.54 Å². The molecule has 1 saturated carbocycles. The van der Waals surface area contributed by atoms with Crippen LogP contribution >= 0.6 is 15.8 Å². The fraction of sp³-hybridized carbons (Fsp3) is 0.0968. The van der Waals surface area contributed by atoms with Gasteiger partial charge < -0.3 is 4.57 Å². The van der Waals surface area contributed by atoms with Crippen LogP contribution in [0.25, 0.3) is 0 Å². The topological polar surface area (TPSA) is 17.8 Å². The molecule has 5 radical (unpaired) electrons. The van der Waals surface area contributed by atoms with Gasteiger partial charge in [0.15, 0.2) is 0 Å². The van der Waals surface area contributed by atoms with Gasteiger partial charge in [0.2, 0.25) is 0 Å². The molecule has 0 bridgehead atoms. The van der Waals surface area contributed by atoms with Crippen molar-refractivity contribution in [3.8, 4) is 0 Å². The molecule has 0 unspecified atom stereocenters. The van der Waals surface area contributed by atoms with Gasteiger partial charge >= 0.3 is 19.5 Å². The quantitative estimate of drug-likeness (QED) is 0.0784. The van der Waals surface area contributed by atoms with Crippen molar-refractivity contribution in [1.82, 2.24) is 9.55 Å². The monoisotopic (exact) mass is 1010 g/mol. The molecule has 2 nitrogen and oxygen atoms in total. The molecule has 339 valence electrons. The summed E-state index contributed by atoms with van der Waals surface area (Å²) in [5.74, 6) is 0. The summed E-state index contributed by atoms with van der Waals surface area (Å²) in [5, 5.41) is 5.89. The van der Waals surface area contributed by atoms with Gasteiger partial charge in [0.1, 0.15) is 6.15 Å². The zero-order valence-corrected chi connectivity index (χ0v) is 42.5. The average molecular weight is 1010 g/mol. The average Bonchev–Trinajstić information content (AvgIpc) is 4.19. The third kappa shape index (κ3) is 15.0. The van der Waals surface area contributed by atoms with E-state index in [0.29, 0.717) is 0 Å². The molecule has 1 aromatic heterocycles. The molecular weight excluding hydrogens is 947 g/mol. The molecule has 10 rings (SSSR count). The van der Waals surface area contributed by atoms with Crippen molar-refractivity contribution >= 4 is 65.1 Å². The van der Waals surface area contributed by atoms with Gasteiger partial charge in [-0.05, 0) is 87.9 Å². The summed E-state index contributed by atoms with van der Waals surface area (Å²) in [4.78, 5) is 3.94. The van der Waals surface area contributed by atoms with E-state index < -0.39 is 6.15 Å². The summed E-state index contributed by atoms with van der Waals surface area (Å²) in [7, 11) is -0.696. The van der Waals surface area contributed by atoms with E-state index in [4.69, 9.17) is 0 Å². The largest absolute Gasteiger partial charge is 2.00 e. The van der Waals surface area contributed by atoms with Gasteiger partial charge in [0.25, 0.3) is 0 Å². The number of aryl methyl sites for hydroxylation is 1. The Kier molecular flexibility index (Phi) is 22.5. The van der Waals surface area contributed by atoms with E-state index >= 15 is 0 Å². The molecular formula is C62H61BN2P2Ru+. The number of aromatic nitrogens is 2. The zero-order chi connectivity index (χ0) is 46.0. The Labute approximate surface area is 423 Å². The summed E-state index contributed by atoms with van der Waals surface area (Å²) in [6.07, 6.45) is 19.4. The minimum atomic E-state index is -1.22. The number of rotatable bonds is 14. The van der Waals surface area contributed by atoms with Crippen molar-refractivity contribution in [3.63, 3.8) is 0 Å². The molecule has 1 aliphatic rings. The van der Waals surface area contributed by atoms with E-state index in [2.05, 4.69) is 259 Å². The second-order valence-corrected chi connectivity index (χ2v) is 20.9. The van der Waals surface area contributed by atoms with E-state index in [-0.39, 0.29) is 35.3 Å². The standard InChI is InChI=1S/C26H24P2.C24H20B.C7H12N2.C5H5.Ru/c1-5-13-23(14-6-1)27(24-15-7-2-8-16-24)21-22-28(25-17-9-3-10-18-25)26-19-11-4-12-20-26;1-5-13-21(14-6-1)25(22-15-7-2-8-16-22,23-17-9-3-10-18-23)24-19-11-4-12-20-24;1-2-3-5-9-6-4-8-7-9;1-2-4-5-3-1;/h1-20H,21-22H2;1-20H;4,6-7H,2-3,5H2,1H3;1-5H;/q;-1;;;+2. The Morgan fingerprint density at radius 3 is 0.882 bits per heavy atom. The molecule has 6 heteroatoms. The van der Waals surface area contributed by atoms with Crippen LogP contribution in [0.3, 0.4) is 0 Å². The predicted molar refractivity (Wildman–Crippen MR) is 297 cm³/mol. The summed E-state index contributed by atoms with van der Waals surface area (Å²) in [6, 6.07) is 87.7. The minimum absolute atomic E-state index is 0. The molecule has 0 atom stereocenters. The third-order valence-electron chi connectivity index (χ3n) is 11.9. The maximum atomic E-state index is 3.94. The number of unbranched alkanes of at least 4 members (excludes halogenated alkanes) is 1. The SMILES string of the molecule is CCCCn1ccnc1.[CH]1[CH][CH][CH][CH]1.[Ru+2].c1ccc(P(CCP(c2ccccc2)c2ccccc2)c2ccccc2)cc1.c1ccc([B-](c2ccccc2)(c2ccccc2)c2ccccc2)cc1. The van der Waals surface area contributed by atoms with Crippen LogP contribution in [0.1, 0.15) is 19.8 Å². The Bertz CT molecular complexity index is 2290. The number of nitrogens with zero attached hydrogens (tertiary/aromatic N) is 2. The van der Waals surface area contributed by atoms with Crippen molar-refractivity contribution in [1.29, 1.82) is 0 Å². The summed E-state index contributed by atoms with van der Waals surface area (Å²) in [6.45, 7) is 3.30. The third-order valence-corrected chi connectivity index (χ3v) is 17.3. The molecule has 9 aromatic rings. The first kappa shape index (κ1) is 51.9. The van der Waals surface area contributed by atoms with Crippen LogP contribution in [-0.2, 0) is 26.0 Å². The number of hydrogen-bond donors (Lipinski definition) is 0. The van der Waals surface area contributed by atoms with E-state index in [1.165, 1.54) is 68.2 Å². The van der Waals surface area contributed by atoms with Gasteiger partial charge in [0.05, 0.1) is 6.33 Å². The minimum Gasteiger partial charge on any atom is -0.337 e. The van der Waals surface area contributed by atoms with E-state index in [9.17, 15) is 0 Å². The first-order valence-electron chi connectivity index (χ1n) is 23.5. The fourth-order valence-corrected chi connectivity index (χ4v) is 14.0. The summed E-state index contributed by atoms with van der Waals surface area (Å²) in [5.41, 5.74) is 5.36. The van der Waals surface area contributed by atoms with Gasteiger partial charge in [-0.25, -0.2) is 4.98 Å². The van der Waals surface area contributed by atoms with Crippen LogP contribution in [-0.4, -0.2) is 28.0 Å². The molecule has 0 aliphatic heterocycles. The van der Waals surface area contributed by atoms with Crippen LogP contribution in [0.5, 0.6) is 0 Å². The van der Waals surface area contributed by atoms with E-state index in [1.807, 2.05) is 50.8 Å². The molecule has 0 amide bonds. The van der Waals surface area contributed by atoms with Crippen LogP contribution in [0.2, 0.25) is 0 Å². The van der Waals surface area contributed by atoms with Crippen LogP contribution in [0.4, 0.5) is 0 Å². The van der Waals surface area contributed by atoms with Gasteiger partial charge in [-0.15, -0.1) is 0 Å². The molecule has 68 heavy (non-hydrogen) atoms. The number of imidazole rings is 1. The van der Waals surface area contributed by atoms with Crippen LogP contribution in [0.15, 0.2) is 261 Å². The van der Waals surface area contributed by atoms with Gasteiger partial charge in [-0.1, -0.05) is 256 Å². The number of benzene rings is 8. The number of hydrogen-bond acceptors (Lipinski definition) is 1. The molecule has 1 fully saturated rings. The Hall–Kier alpha value is -5.48. The predicted octanol–water partition coefficient (Wildman–Crippen LogP) is 11.0. The smallest absolute Gasteiger partial charge is 0.337 e. The summed E-state index contributed by atoms with van der Waals surface area (Å²) >= 11 is 0. The Morgan fingerprint density at radius 1 is 0.382 bits per heavy atom. The van der Waals surface area contributed by atoms with Crippen molar-refractivity contribution in [3.05, 3.63) is 293 Å². The molecule has 8 aromatic carbocycles. The zero-order valence-electron chi connectivity index (χ0n) is 39.0. The van der Waals surface area contributed by atoms with Gasteiger partial charge in [-0.2, -0.15) is 21.9 Å². The van der Waals surface area contributed by atoms with Gasteiger partial charge in [-0.3, -0.25) is 0 Å². The van der Waals surface area contributed by atoms with Crippen LogP contribution < -0.4 is 43.1 Å². The first-order valence-corrected chi connectivity index (χ1v) is 26.6. The maximum Gasteiger partial charge on any atom is 2.00 e. The first-order chi connectivity index (χ1) is 33.3. The molecule has 0 spiro atoms. The Morgan fingerprint density at radius 2 is 0.647 bits per heavy atom. The van der Waals surface area contributed by atoms with Crippen molar-refractivity contribution in [2.24, 2.45) is 0 Å². The fourth-order valence-electron chi connectivity index (χ4n) is 8.65. The Balaban J connectivity index is 0.000000173. The van der Waals surface area contributed by atoms with Gasteiger partial charge in [0, 0.05) is 18.9 Å². The van der Waals surface area contributed by atoms with Crippen molar-refractivity contribution in [2.75, 3.05) is 12.3 Å². The normalized spacial score (nSPS) is 11.8. The summed E-state index contributed by atoms with van der Waals surface area (Å²) < 4.78 is 2.10.